The highest BCUT2D eigenvalue weighted by atomic mass is 19.2. The Balaban J connectivity index is 1.68. The van der Waals surface area contributed by atoms with Crippen LogP contribution in [0.5, 0.6) is 0 Å². The van der Waals surface area contributed by atoms with Crippen LogP contribution in [0.2, 0.25) is 0 Å². The number of halogens is 2. The molecule has 2 saturated carbocycles. The minimum atomic E-state index is -0.791. The summed E-state index contributed by atoms with van der Waals surface area (Å²) in [5, 5.41) is 0. The molecule has 2 aliphatic carbocycles. The summed E-state index contributed by atoms with van der Waals surface area (Å²) < 4.78 is 26.1. The molecule has 0 radical (unpaired) electrons. The molecular formula is C15H20F2N2. The first kappa shape index (κ1) is 13.0. The largest absolute Gasteiger partial charge is 0.271 e. The number of hydrazine groups is 1. The lowest BCUT2D eigenvalue weighted by Gasteiger charge is -2.16. The maximum atomic E-state index is 13.2. The van der Waals surface area contributed by atoms with Gasteiger partial charge in [0.05, 0.1) is 0 Å². The van der Waals surface area contributed by atoms with E-state index in [9.17, 15) is 8.78 Å². The second kappa shape index (κ2) is 5.17. The third-order valence-corrected chi connectivity index (χ3v) is 4.84. The molecule has 3 unspecified atom stereocenters. The lowest BCUT2D eigenvalue weighted by Crippen LogP contribution is -2.39. The monoisotopic (exact) mass is 266 g/mol. The Hall–Kier alpha value is -1.00. The highest BCUT2D eigenvalue weighted by Crippen LogP contribution is 2.57. The molecular weight excluding hydrogens is 246 g/mol. The normalized spacial score (nSPS) is 30.8. The lowest BCUT2D eigenvalue weighted by atomic mass is 10.0. The van der Waals surface area contributed by atoms with Crippen molar-refractivity contribution in [1.29, 1.82) is 0 Å². The van der Waals surface area contributed by atoms with Crippen LogP contribution in [0.25, 0.3) is 0 Å². The summed E-state index contributed by atoms with van der Waals surface area (Å²) >= 11 is 0. The average Bonchev–Trinajstić information content (AvgIpc) is 3.14. The first-order chi connectivity index (χ1) is 9.20. The van der Waals surface area contributed by atoms with Gasteiger partial charge in [-0.3, -0.25) is 11.3 Å². The molecule has 3 atom stereocenters. The summed E-state index contributed by atoms with van der Waals surface area (Å²) in [6.45, 7) is 0. The number of rotatable bonds is 4. The van der Waals surface area contributed by atoms with Gasteiger partial charge in [0.2, 0.25) is 0 Å². The molecule has 0 aromatic heterocycles. The Labute approximate surface area is 112 Å². The topological polar surface area (TPSA) is 38.0 Å². The lowest BCUT2D eigenvalue weighted by molar-refractivity contribution is 0.435. The fourth-order valence-corrected chi connectivity index (χ4v) is 3.87. The van der Waals surface area contributed by atoms with Crippen molar-refractivity contribution in [3.8, 4) is 0 Å². The minimum absolute atomic E-state index is 0.179. The van der Waals surface area contributed by atoms with Gasteiger partial charge >= 0.3 is 0 Å². The van der Waals surface area contributed by atoms with Crippen molar-refractivity contribution >= 4 is 0 Å². The predicted octanol–water partition coefficient (Wildman–Crippen LogP) is 2.78. The first-order valence-electron chi connectivity index (χ1n) is 7.10. The highest BCUT2D eigenvalue weighted by molar-refractivity contribution is 5.20. The molecule has 0 aliphatic heterocycles. The fourth-order valence-electron chi connectivity index (χ4n) is 3.87. The van der Waals surface area contributed by atoms with Gasteiger partial charge in [0, 0.05) is 6.04 Å². The van der Waals surface area contributed by atoms with Gasteiger partial charge in [0.15, 0.2) is 11.6 Å². The first-order valence-corrected chi connectivity index (χ1v) is 7.10. The van der Waals surface area contributed by atoms with Crippen LogP contribution in [0.3, 0.4) is 0 Å². The van der Waals surface area contributed by atoms with Crippen molar-refractivity contribution in [2.75, 3.05) is 0 Å². The Morgan fingerprint density at radius 3 is 2.42 bits per heavy atom. The van der Waals surface area contributed by atoms with Crippen LogP contribution in [0, 0.1) is 29.4 Å². The van der Waals surface area contributed by atoms with E-state index in [0.29, 0.717) is 12.3 Å². The van der Waals surface area contributed by atoms with E-state index in [2.05, 4.69) is 5.43 Å². The van der Waals surface area contributed by atoms with Crippen LogP contribution in [-0.4, -0.2) is 6.04 Å². The van der Waals surface area contributed by atoms with E-state index in [4.69, 9.17) is 5.84 Å². The summed E-state index contributed by atoms with van der Waals surface area (Å²) in [5.41, 5.74) is 3.70. The summed E-state index contributed by atoms with van der Waals surface area (Å²) in [5.74, 6) is 6.29. The molecule has 19 heavy (non-hydrogen) atoms. The zero-order valence-electron chi connectivity index (χ0n) is 10.9. The van der Waals surface area contributed by atoms with Crippen molar-refractivity contribution in [2.45, 2.75) is 38.1 Å². The zero-order chi connectivity index (χ0) is 13.4. The second-order valence-corrected chi connectivity index (χ2v) is 5.92. The standard InChI is InChI=1S/C15H20F2N2/c16-12-6-5-9(7-13(12)17)8-14(19-18)15-10-3-1-2-4-11(10)15/h5-7,10-11,14-15,19H,1-4,8,18H2. The average molecular weight is 266 g/mol. The van der Waals surface area contributed by atoms with Crippen LogP contribution in [0.15, 0.2) is 18.2 Å². The second-order valence-electron chi connectivity index (χ2n) is 5.92. The molecule has 2 aliphatic rings. The van der Waals surface area contributed by atoms with Gasteiger partial charge in [0.1, 0.15) is 0 Å². The van der Waals surface area contributed by atoms with Crippen molar-refractivity contribution < 1.29 is 8.78 Å². The third kappa shape index (κ3) is 2.51. The summed E-state index contributed by atoms with van der Waals surface area (Å²) in [7, 11) is 0. The SMILES string of the molecule is NNC(Cc1ccc(F)c(F)c1)C1C2CCCCC21. The van der Waals surface area contributed by atoms with E-state index < -0.39 is 11.6 Å². The number of hydrogen-bond donors (Lipinski definition) is 2. The number of hydrogen-bond acceptors (Lipinski definition) is 2. The number of benzene rings is 1. The molecule has 2 nitrogen and oxygen atoms in total. The summed E-state index contributed by atoms with van der Waals surface area (Å²) in [6, 6.07) is 4.30. The molecule has 1 aromatic rings. The van der Waals surface area contributed by atoms with E-state index in [-0.39, 0.29) is 6.04 Å². The molecule has 0 bridgehead atoms. The van der Waals surface area contributed by atoms with Crippen LogP contribution in [0.1, 0.15) is 31.2 Å². The van der Waals surface area contributed by atoms with Crippen molar-refractivity contribution in [2.24, 2.45) is 23.6 Å². The Kier molecular flexibility index (Phi) is 3.54. The van der Waals surface area contributed by atoms with Crippen molar-refractivity contribution in [1.82, 2.24) is 5.43 Å². The van der Waals surface area contributed by atoms with Gasteiger partial charge in [-0.25, -0.2) is 8.78 Å². The van der Waals surface area contributed by atoms with Crippen LogP contribution in [0.4, 0.5) is 8.78 Å². The number of fused-ring (bicyclic) bond motifs is 1. The van der Waals surface area contributed by atoms with Crippen LogP contribution < -0.4 is 11.3 Å². The Morgan fingerprint density at radius 1 is 1.16 bits per heavy atom. The van der Waals surface area contributed by atoms with Gasteiger partial charge < -0.3 is 0 Å². The summed E-state index contributed by atoms with van der Waals surface area (Å²) in [4.78, 5) is 0. The maximum absolute atomic E-state index is 13.2. The summed E-state index contributed by atoms with van der Waals surface area (Å²) in [6.07, 6.45) is 5.90. The van der Waals surface area contributed by atoms with Gasteiger partial charge in [0.25, 0.3) is 0 Å². The predicted molar refractivity (Wildman–Crippen MR) is 70.1 cm³/mol. The van der Waals surface area contributed by atoms with Crippen LogP contribution >= 0.6 is 0 Å². The van der Waals surface area contributed by atoms with Gasteiger partial charge in [-0.15, -0.1) is 0 Å². The molecule has 0 amide bonds. The third-order valence-electron chi connectivity index (χ3n) is 4.84. The van der Waals surface area contributed by atoms with Crippen molar-refractivity contribution in [3.05, 3.63) is 35.4 Å². The highest BCUT2D eigenvalue weighted by Gasteiger charge is 2.53. The molecule has 1 aromatic carbocycles. The smallest absolute Gasteiger partial charge is 0.159 e. The van der Waals surface area contributed by atoms with Gasteiger partial charge in [-0.2, -0.15) is 0 Å². The molecule has 0 spiro atoms. The molecule has 3 N–H and O–H groups in total. The van der Waals surface area contributed by atoms with E-state index >= 15 is 0 Å². The Bertz CT molecular complexity index is 451. The number of nitrogens with two attached hydrogens (primary N) is 1. The van der Waals surface area contributed by atoms with E-state index in [0.717, 1.165) is 17.4 Å². The molecule has 0 saturated heterocycles. The van der Waals surface area contributed by atoms with Crippen molar-refractivity contribution in [3.63, 3.8) is 0 Å². The molecule has 4 heteroatoms. The minimum Gasteiger partial charge on any atom is -0.271 e. The molecule has 0 heterocycles. The molecule has 3 rings (SSSR count). The van der Waals surface area contributed by atoms with Crippen LogP contribution in [-0.2, 0) is 6.42 Å². The Morgan fingerprint density at radius 2 is 1.84 bits per heavy atom. The number of nitrogens with one attached hydrogen (secondary N) is 1. The van der Waals surface area contributed by atoms with Gasteiger partial charge in [-0.1, -0.05) is 18.9 Å². The maximum Gasteiger partial charge on any atom is 0.159 e. The molecule has 104 valence electrons. The van der Waals surface area contributed by atoms with E-state index in [1.165, 1.54) is 37.8 Å². The van der Waals surface area contributed by atoms with Gasteiger partial charge in [-0.05, 0) is 54.7 Å². The van der Waals surface area contributed by atoms with E-state index in [1.807, 2.05) is 0 Å². The molecule has 2 fully saturated rings. The fraction of sp³-hybridized carbons (Fsp3) is 0.600. The zero-order valence-corrected chi connectivity index (χ0v) is 10.9. The van der Waals surface area contributed by atoms with E-state index in [1.54, 1.807) is 6.07 Å². The quantitative estimate of drug-likeness (QED) is 0.649.